The van der Waals surface area contributed by atoms with Crippen LogP contribution in [0.2, 0.25) is 0 Å². The molecule has 1 aliphatic heterocycles. The number of hydrogen-bond acceptors (Lipinski definition) is 6. The minimum Gasteiger partial charge on any atom is -0.383 e. The average Bonchev–Trinajstić information content (AvgIpc) is 3.68. The SMILES string of the molecule is [C-]#[N+]c1ccc(-c2cc(C3CC3)nc(N3Cc4c(cc(CN(C)CCOC)c(F)c4F)C3=O)c2)c(-c2nncn2C)c1. The number of fused-ring (bicyclic) bond motifs is 1. The van der Waals surface area contributed by atoms with Gasteiger partial charge in [0, 0.05) is 61.1 Å². The van der Waals surface area contributed by atoms with Gasteiger partial charge in [-0.15, -0.1) is 10.2 Å². The van der Waals surface area contributed by atoms with E-state index in [-0.39, 0.29) is 35.7 Å². The molecule has 3 heterocycles. The molecule has 0 bridgehead atoms. The van der Waals surface area contributed by atoms with Crippen molar-refractivity contribution in [3.63, 3.8) is 0 Å². The van der Waals surface area contributed by atoms with Crippen molar-refractivity contribution in [2.45, 2.75) is 31.8 Å². The number of aromatic nitrogens is 4. The number of nitrogens with zero attached hydrogens (tertiary/aromatic N) is 7. The zero-order valence-electron chi connectivity index (χ0n) is 23.6. The normalized spacial score (nSPS) is 14.5. The molecule has 1 fully saturated rings. The summed E-state index contributed by atoms with van der Waals surface area (Å²) in [6.45, 7) is 8.50. The summed E-state index contributed by atoms with van der Waals surface area (Å²) >= 11 is 0. The molecule has 0 N–H and O–H groups in total. The van der Waals surface area contributed by atoms with Gasteiger partial charge >= 0.3 is 0 Å². The topological polar surface area (TPSA) is 80.7 Å². The minimum absolute atomic E-state index is 0.0298. The van der Waals surface area contributed by atoms with E-state index in [0.29, 0.717) is 36.0 Å². The minimum atomic E-state index is -1.00. The number of carbonyl (C=O) groups excluding carboxylic acids is 1. The smallest absolute Gasteiger partial charge is 0.260 e. The summed E-state index contributed by atoms with van der Waals surface area (Å²) in [7, 11) is 5.19. The second-order valence-corrected chi connectivity index (χ2v) is 10.8. The maximum atomic E-state index is 15.4. The molecule has 1 aliphatic carbocycles. The van der Waals surface area contributed by atoms with Crippen molar-refractivity contribution in [3.05, 3.63) is 88.2 Å². The molecule has 4 aromatic rings. The monoisotopic (exact) mass is 569 g/mol. The van der Waals surface area contributed by atoms with Crippen molar-refractivity contribution in [2.24, 2.45) is 7.05 Å². The molecule has 0 unspecified atom stereocenters. The Kier molecular flexibility index (Phi) is 7.26. The van der Waals surface area contributed by atoms with Crippen LogP contribution in [0.4, 0.5) is 20.3 Å². The van der Waals surface area contributed by atoms with E-state index in [4.69, 9.17) is 16.3 Å². The number of amides is 1. The predicted molar refractivity (Wildman–Crippen MR) is 153 cm³/mol. The Bertz CT molecular complexity index is 1740. The largest absolute Gasteiger partial charge is 0.383 e. The first-order chi connectivity index (χ1) is 20.3. The zero-order chi connectivity index (χ0) is 29.5. The maximum absolute atomic E-state index is 15.4. The predicted octanol–water partition coefficient (Wildman–Crippen LogP) is 5.49. The van der Waals surface area contributed by atoms with Crippen molar-refractivity contribution < 1.29 is 18.3 Å². The number of methoxy groups -OCH3 is 1. The number of ether oxygens (including phenoxy) is 1. The summed E-state index contributed by atoms with van der Waals surface area (Å²) in [6.07, 6.45) is 3.56. The van der Waals surface area contributed by atoms with E-state index < -0.39 is 17.5 Å². The molecule has 1 saturated carbocycles. The van der Waals surface area contributed by atoms with Crippen molar-refractivity contribution >= 4 is 17.4 Å². The number of rotatable bonds is 9. The second kappa shape index (κ2) is 11.0. The fourth-order valence-corrected chi connectivity index (χ4v) is 5.34. The summed E-state index contributed by atoms with van der Waals surface area (Å²) in [6, 6.07) is 10.6. The van der Waals surface area contributed by atoms with Crippen LogP contribution in [0.1, 0.15) is 45.9 Å². The standard InChI is InChI=1S/C31H29F2N7O2/c1-34-21-7-8-22(23(14-21)30-37-35-17-39(30)3)19-12-26(18-5-6-18)36-27(13-19)40-16-25-24(31(40)41)11-20(28(32)29(25)33)15-38(2)9-10-42-4/h7-8,11-14,17-18H,5-6,9-10,15-16H2,2-4H3. The number of anilines is 1. The van der Waals surface area contributed by atoms with E-state index >= 15 is 8.78 Å². The molecule has 2 aromatic carbocycles. The van der Waals surface area contributed by atoms with Crippen LogP contribution in [0.25, 0.3) is 27.4 Å². The molecule has 1 amide bonds. The number of aryl methyl sites for hydroxylation is 1. The van der Waals surface area contributed by atoms with Crippen LogP contribution in [0.3, 0.4) is 0 Å². The highest BCUT2D eigenvalue weighted by atomic mass is 19.2. The molecule has 0 atom stereocenters. The highest BCUT2D eigenvalue weighted by Gasteiger charge is 2.36. The van der Waals surface area contributed by atoms with E-state index in [2.05, 4.69) is 15.0 Å². The molecule has 0 radical (unpaired) electrons. The van der Waals surface area contributed by atoms with E-state index in [9.17, 15) is 4.79 Å². The first kappa shape index (κ1) is 27.6. The van der Waals surface area contributed by atoms with Crippen molar-refractivity contribution in [2.75, 3.05) is 32.2 Å². The van der Waals surface area contributed by atoms with Crippen LogP contribution < -0.4 is 4.90 Å². The summed E-state index contributed by atoms with van der Waals surface area (Å²) in [5.74, 6) is -1.15. The van der Waals surface area contributed by atoms with Gasteiger partial charge in [-0.05, 0) is 55.3 Å². The lowest BCUT2D eigenvalue weighted by molar-refractivity contribution is 0.0995. The van der Waals surface area contributed by atoms with Crippen LogP contribution in [0.5, 0.6) is 0 Å². The number of hydrogen-bond donors (Lipinski definition) is 0. The third kappa shape index (κ3) is 5.04. The van der Waals surface area contributed by atoms with Gasteiger partial charge in [0.2, 0.25) is 0 Å². The molecular weight excluding hydrogens is 540 g/mol. The Morgan fingerprint density at radius 3 is 2.62 bits per heavy atom. The third-order valence-corrected chi connectivity index (χ3v) is 7.79. The number of benzene rings is 2. The molecule has 0 spiro atoms. The van der Waals surface area contributed by atoms with Gasteiger partial charge in [0.1, 0.15) is 12.1 Å². The summed E-state index contributed by atoms with van der Waals surface area (Å²) in [5.41, 5.74) is 3.88. The van der Waals surface area contributed by atoms with Gasteiger partial charge in [-0.1, -0.05) is 12.1 Å². The lowest BCUT2D eigenvalue weighted by atomic mass is 9.97. The number of likely N-dealkylation sites (N-methyl/N-ethyl adjacent to an activating group) is 1. The first-order valence-electron chi connectivity index (χ1n) is 13.7. The van der Waals surface area contributed by atoms with Gasteiger partial charge in [0.05, 0.1) is 19.7 Å². The molecular formula is C31H29F2N7O2. The average molecular weight is 570 g/mol. The molecule has 6 rings (SSSR count). The van der Waals surface area contributed by atoms with Gasteiger partial charge in [-0.3, -0.25) is 14.6 Å². The Morgan fingerprint density at radius 2 is 1.93 bits per heavy atom. The van der Waals surface area contributed by atoms with Gasteiger partial charge in [-0.2, -0.15) is 0 Å². The van der Waals surface area contributed by atoms with Crippen LogP contribution in [0.15, 0.2) is 42.7 Å². The van der Waals surface area contributed by atoms with E-state index in [1.54, 1.807) is 43.3 Å². The molecule has 2 aliphatic rings. The molecule has 214 valence electrons. The highest BCUT2D eigenvalue weighted by Crippen LogP contribution is 2.44. The third-order valence-electron chi connectivity index (χ3n) is 7.79. The zero-order valence-corrected chi connectivity index (χ0v) is 23.6. The van der Waals surface area contributed by atoms with Gasteiger partial charge in [-0.25, -0.2) is 18.6 Å². The lowest BCUT2D eigenvalue weighted by Crippen LogP contribution is -2.25. The Balaban J connectivity index is 1.41. The fraction of sp³-hybridized carbons (Fsp3) is 0.323. The Morgan fingerprint density at radius 1 is 1.12 bits per heavy atom. The molecule has 9 nitrogen and oxygen atoms in total. The summed E-state index contributed by atoms with van der Waals surface area (Å²) in [4.78, 5) is 25.3. The number of halogens is 2. The molecule has 11 heteroatoms. The Labute approximate surface area is 242 Å². The van der Waals surface area contributed by atoms with Crippen LogP contribution >= 0.6 is 0 Å². The van der Waals surface area contributed by atoms with E-state index in [1.165, 1.54) is 11.0 Å². The highest BCUT2D eigenvalue weighted by molar-refractivity contribution is 6.10. The van der Waals surface area contributed by atoms with Crippen molar-refractivity contribution in [1.29, 1.82) is 0 Å². The van der Waals surface area contributed by atoms with Crippen LogP contribution in [0, 0.1) is 18.2 Å². The van der Waals surface area contributed by atoms with Crippen molar-refractivity contribution in [1.82, 2.24) is 24.6 Å². The van der Waals surface area contributed by atoms with Crippen LogP contribution in [-0.4, -0.2) is 57.9 Å². The maximum Gasteiger partial charge on any atom is 0.260 e. The van der Waals surface area contributed by atoms with E-state index in [1.807, 2.05) is 24.1 Å². The number of pyridine rings is 1. The fourth-order valence-electron chi connectivity index (χ4n) is 5.34. The van der Waals surface area contributed by atoms with Gasteiger partial charge in [0.25, 0.3) is 5.91 Å². The van der Waals surface area contributed by atoms with Gasteiger partial charge in [0.15, 0.2) is 23.1 Å². The Hall–Kier alpha value is -4.53. The number of carbonyl (C=O) groups is 1. The lowest BCUT2D eigenvalue weighted by Gasteiger charge is -2.18. The van der Waals surface area contributed by atoms with Gasteiger partial charge < -0.3 is 9.30 Å². The summed E-state index contributed by atoms with van der Waals surface area (Å²) in [5, 5.41) is 8.27. The first-order valence-corrected chi connectivity index (χ1v) is 13.7. The molecule has 2 aromatic heterocycles. The second-order valence-electron chi connectivity index (χ2n) is 10.8. The van der Waals surface area contributed by atoms with Crippen molar-refractivity contribution in [3.8, 4) is 22.5 Å². The quantitative estimate of drug-likeness (QED) is 0.248. The van der Waals surface area contributed by atoms with E-state index in [0.717, 1.165) is 29.7 Å². The van der Waals surface area contributed by atoms with Crippen LogP contribution in [-0.2, 0) is 24.9 Å². The summed E-state index contributed by atoms with van der Waals surface area (Å²) < 4.78 is 37.3. The molecule has 0 saturated heterocycles. The molecule has 42 heavy (non-hydrogen) atoms.